The van der Waals surface area contributed by atoms with Crippen LogP contribution in [0, 0.1) is 11.8 Å². The molecule has 0 aromatic heterocycles. The lowest BCUT2D eigenvalue weighted by Crippen LogP contribution is -2.37. The van der Waals surface area contributed by atoms with Crippen molar-refractivity contribution in [3.8, 4) is 0 Å². The van der Waals surface area contributed by atoms with E-state index in [0.29, 0.717) is 23.6 Å². The van der Waals surface area contributed by atoms with Crippen molar-refractivity contribution in [1.82, 2.24) is 5.32 Å². The molecule has 15 heavy (non-hydrogen) atoms. The molecule has 0 fully saturated rings. The molecule has 0 saturated heterocycles. The van der Waals surface area contributed by atoms with Gasteiger partial charge in [-0.15, -0.1) is 0 Å². The van der Waals surface area contributed by atoms with Gasteiger partial charge in [-0.25, -0.2) is 8.42 Å². The molecule has 0 amide bonds. The van der Waals surface area contributed by atoms with Crippen molar-refractivity contribution in [2.75, 3.05) is 18.6 Å². The summed E-state index contributed by atoms with van der Waals surface area (Å²) >= 11 is 0. The van der Waals surface area contributed by atoms with Crippen molar-refractivity contribution in [1.29, 1.82) is 0 Å². The first-order chi connectivity index (χ1) is 6.78. The lowest BCUT2D eigenvalue weighted by Gasteiger charge is -2.27. The molecule has 0 heterocycles. The van der Waals surface area contributed by atoms with Crippen LogP contribution in [0.25, 0.3) is 0 Å². The van der Waals surface area contributed by atoms with Gasteiger partial charge in [-0.05, 0) is 31.7 Å². The summed E-state index contributed by atoms with van der Waals surface area (Å²) in [7, 11) is -2.83. The normalized spacial score (nSPS) is 16.7. The molecule has 0 saturated carbocycles. The lowest BCUT2D eigenvalue weighted by molar-refractivity contribution is 0.286. The summed E-state index contributed by atoms with van der Waals surface area (Å²) in [4.78, 5) is 0. The van der Waals surface area contributed by atoms with Crippen LogP contribution in [0.1, 0.15) is 34.1 Å². The SMILES string of the molecule is CCNC(C)C(CCS(C)(=O)=O)C(C)C. The lowest BCUT2D eigenvalue weighted by atomic mass is 9.87. The fraction of sp³-hybridized carbons (Fsp3) is 1.00. The molecule has 0 aromatic carbocycles. The molecule has 0 aliphatic heterocycles. The third kappa shape index (κ3) is 6.90. The van der Waals surface area contributed by atoms with E-state index in [1.54, 1.807) is 0 Å². The second-order valence-corrected chi connectivity index (χ2v) is 6.93. The molecule has 0 aliphatic rings. The Morgan fingerprint density at radius 1 is 1.20 bits per heavy atom. The molecule has 0 radical (unpaired) electrons. The first kappa shape index (κ1) is 14.9. The summed E-state index contributed by atoms with van der Waals surface area (Å²) in [6.07, 6.45) is 2.06. The molecule has 0 aliphatic carbocycles. The summed E-state index contributed by atoms with van der Waals surface area (Å²) in [5, 5.41) is 3.37. The van der Waals surface area contributed by atoms with E-state index in [1.165, 1.54) is 6.26 Å². The van der Waals surface area contributed by atoms with Crippen LogP contribution >= 0.6 is 0 Å². The van der Waals surface area contributed by atoms with E-state index < -0.39 is 9.84 Å². The minimum Gasteiger partial charge on any atom is -0.314 e. The molecule has 0 bridgehead atoms. The predicted octanol–water partition coefficient (Wildman–Crippen LogP) is 1.69. The second-order valence-electron chi connectivity index (χ2n) is 4.67. The Morgan fingerprint density at radius 3 is 2.07 bits per heavy atom. The average molecular weight is 235 g/mol. The van der Waals surface area contributed by atoms with Gasteiger partial charge < -0.3 is 5.32 Å². The summed E-state index contributed by atoms with van der Waals surface area (Å²) in [6, 6.07) is 0.386. The maximum Gasteiger partial charge on any atom is 0.147 e. The topological polar surface area (TPSA) is 46.2 Å². The van der Waals surface area contributed by atoms with Gasteiger partial charge in [0.15, 0.2) is 0 Å². The summed E-state index contributed by atoms with van der Waals surface area (Å²) in [5.74, 6) is 1.24. The fourth-order valence-corrected chi connectivity index (χ4v) is 2.68. The van der Waals surface area contributed by atoms with Gasteiger partial charge in [0.05, 0.1) is 5.75 Å². The van der Waals surface area contributed by atoms with Crippen LogP contribution in [0.2, 0.25) is 0 Å². The Kier molecular flexibility index (Phi) is 6.44. The van der Waals surface area contributed by atoms with Crippen molar-refractivity contribution >= 4 is 9.84 Å². The number of hydrogen-bond donors (Lipinski definition) is 1. The summed E-state index contributed by atoms with van der Waals surface area (Å²) in [6.45, 7) is 9.45. The number of hydrogen-bond acceptors (Lipinski definition) is 3. The van der Waals surface area contributed by atoms with Crippen LogP contribution in [-0.4, -0.2) is 33.0 Å². The summed E-state index contributed by atoms with van der Waals surface area (Å²) < 4.78 is 22.2. The third-order valence-corrected chi connectivity index (χ3v) is 3.82. The zero-order valence-corrected chi connectivity index (χ0v) is 11.4. The van der Waals surface area contributed by atoms with Crippen molar-refractivity contribution in [3.63, 3.8) is 0 Å². The third-order valence-electron chi connectivity index (χ3n) is 2.85. The zero-order valence-electron chi connectivity index (χ0n) is 10.6. The fourth-order valence-electron chi connectivity index (χ4n) is 1.98. The van der Waals surface area contributed by atoms with Gasteiger partial charge in [-0.2, -0.15) is 0 Å². The number of nitrogens with one attached hydrogen (secondary N) is 1. The monoisotopic (exact) mass is 235 g/mol. The average Bonchev–Trinajstić information content (AvgIpc) is 2.01. The zero-order chi connectivity index (χ0) is 12.1. The highest BCUT2D eigenvalue weighted by Crippen LogP contribution is 2.20. The van der Waals surface area contributed by atoms with E-state index in [0.717, 1.165) is 13.0 Å². The quantitative estimate of drug-likeness (QED) is 0.730. The maximum atomic E-state index is 11.1. The van der Waals surface area contributed by atoms with Crippen LogP contribution in [0.5, 0.6) is 0 Å². The highest BCUT2D eigenvalue weighted by Gasteiger charge is 2.21. The molecule has 1 N–H and O–H groups in total. The van der Waals surface area contributed by atoms with Crippen LogP contribution in [0.15, 0.2) is 0 Å². The van der Waals surface area contributed by atoms with Crippen LogP contribution in [-0.2, 0) is 9.84 Å². The molecule has 3 nitrogen and oxygen atoms in total. The van der Waals surface area contributed by atoms with Crippen molar-refractivity contribution in [2.24, 2.45) is 11.8 Å². The molecule has 2 atom stereocenters. The van der Waals surface area contributed by atoms with Crippen LogP contribution in [0.3, 0.4) is 0 Å². The highest BCUT2D eigenvalue weighted by atomic mass is 32.2. The molecular weight excluding hydrogens is 210 g/mol. The molecule has 2 unspecified atom stereocenters. The van der Waals surface area contributed by atoms with Gasteiger partial charge in [0, 0.05) is 12.3 Å². The summed E-state index contributed by atoms with van der Waals surface area (Å²) in [5.41, 5.74) is 0. The van der Waals surface area contributed by atoms with E-state index >= 15 is 0 Å². The predicted molar refractivity (Wildman–Crippen MR) is 65.8 cm³/mol. The smallest absolute Gasteiger partial charge is 0.147 e. The highest BCUT2D eigenvalue weighted by molar-refractivity contribution is 7.90. The Labute approximate surface area is 94.6 Å². The van der Waals surface area contributed by atoms with Crippen LogP contribution in [0.4, 0.5) is 0 Å². The van der Waals surface area contributed by atoms with Gasteiger partial charge in [-0.3, -0.25) is 0 Å². The van der Waals surface area contributed by atoms with Crippen molar-refractivity contribution in [2.45, 2.75) is 40.2 Å². The van der Waals surface area contributed by atoms with Gasteiger partial charge in [0.1, 0.15) is 9.84 Å². The standard InChI is InChI=1S/C11H25NO2S/c1-6-12-10(4)11(9(2)3)7-8-15(5,13)14/h9-12H,6-8H2,1-5H3. The van der Waals surface area contributed by atoms with E-state index in [9.17, 15) is 8.42 Å². The molecular formula is C11H25NO2S. The molecule has 0 rings (SSSR count). The van der Waals surface area contributed by atoms with E-state index in [2.05, 4.69) is 33.0 Å². The Morgan fingerprint density at radius 2 is 1.73 bits per heavy atom. The minimum atomic E-state index is -2.83. The van der Waals surface area contributed by atoms with Gasteiger partial charge >= 0.3 is 0 Å². The van der Waals surface area contributed by atoms with E-state index in [1.807, 2.05) is 0 Å². The van der Waals surface area contributed by atoms with Crippen molar-refractivity contribution in [3.05, 3.63) is 0 Å². The van der Waals surface area contributed by atoms with Gasteiger partial charge in [0.25, 0.3) is 0 Å². The maximum absolute atomic E-state index is 11.1. The number of rotatable bonds is 7. The largest absolute Gasteiger partial charge is 0.314 e. The second kappa shape index (κ2) is 6.48. The van der Waals surface area contributed by atoms with E-state index in [4.69, 9.17) is 0 Å². The molecule has 4 heteroatoms. The first-order valence-electron chi connectivity index (χ1n) is 5.69. The molecule has 0 spiro atoms. The van der Waals surface area contributed by atoms with Crippen LogP contribution < -0.4 is 5.32 Å². The Balaban J connectivity index is 4.28. The molecule has 92 valence electrons. The first-order valence-corrected chi connectivity index (χ1v) is 7.75. The minimum absolute atomic E-state index is 0.297. The van der Waals surface area contributed by atoms with Gasteiger partial charge in [-0.1, -0.05) is 20.8 Å². The van der Waals surface area contributed by atoms with E-state index in [-0.39, 0.29) is 0 Å². The van der Waals surface area contributed by atoms with Crippen molar-refractivity contribution < 1.29 is 8.42 Å². The number of sulfone groups is 1. The Bertz CT molecular complexity index is 260. The Hall–Kier alpha value is -0.0900. The molecule has 0 aromatic rings. The van der Waals surface area contributed by atoms with Gasteiger partial charge in [0.2, 0.25) is 0 Å².